The van der Waals surface area contributed by atoms with Gasteiger partial charge in [-0.05, 0) is 42.7 Å². The van der Waals surface area contributed by atoms with E-state index in [0.717, 1.165) is 16.8 Å². The van der Waals surface area contributed by atoms with Gasteiger partial charge in [0.2, 0.25) is 5.91 Å². The van der Waals surface area contributed by atoms with E-state index < -0.39 is 0 Å². The lowest BCUT2D eigenvalue weighted by Gasteiger charge is -2.25. The number of benzene rings is 1. The molecule has 1 amide bonds. The minimum atomic E-state index is -0.172. The molecule has 0 fully saturated rings. The molecule has 0 bridgehead atoms. The standard InChI is InChI=1S/C23H25N7O3/c1-13(2)11-33-17-6-5-15(9-18(17)32-4)16-10-21(31)25-23-22(16)14(3)27-30(23)20-8-7-19-26-24-12-29(19)28-20/h5-9,12-13,16H,10-11H2,1-4H3,(H,25,31)/t16-/m0/s1. The van der Waals surface area contributed by atoms with Crippen molar-refractivity contribution in [3.63, 3.8) is 0 Å². The van der Waals surface area contributed by atoms with Crippen molar-refractivity contribution in [3.05, 3.63) is 53.5 Å². The predicted molar refractivity (Wildman–Crippen MR) is 121 cm³/mol. The number of fused-ring (bicyclic) bond motifs is 2. The monoisotopic (exact) mass is 447 g/mol. The van der Waals surface area contributed by atoms with Crippen LogP contribution in [-0.4, -0.2) is 49.2 Å². The minimum Gasteiger partial charge on any atom is -0.493 e. The molecule has 33 heavy (non-hydrogen) atoms. The summed E-state index contributed by atoms with van der Waals surface area (Å²) in [4.78, 5) is 12.7. The van der Waals surface area contributed by atoms with Crippen molar-refractivity contribution in [2.45, 2.75) is 33.1 Å². The molecule has 1 N–H and O–H groups in total. The fourth-order valence-electron chi connectivity index (χ4n) is 4.11. The van der Waals surface area contributed by atoms with Crippen molar-refractivity contribution < 1.29 is 14.3 Å². The maximum absolute atomic E-state index is 12.7. The number of hydrogen-bond acceptors (Lipinski definition) is 7. The molecule has 1 aliphatic heterocycles. The second-order valence-electron chi connectivity index (χ2n) is 8.50. The van der Waals surface area contributed by atoms with Crippen LogP contribution < -0.4 is 14.8 Å². The first kappa shape index (κ1) is 20.9. The molecular weight excluding hydrogens is 422 g/mol. The number of ether oxygens (including phenoxy) is 2. The average molecular weight is 447 g/mol. The van der Waals surface area contributed by atoms with Crippen LogP contribution in [0, 0.1) is 12.8 Å². The number of carbonyl (C=O) groups is 1. The first-order valence-electron chi connectivity index (χ1n) is 10.8. The Bertz CT molecular complexity index is 1340. The van der Waals surface area contributed by atoms with Gasteiger partial charge in [-0.15, -0.1) is 15.3 Å². The van der Waals surface area contributed by atoms with Crippen LogP contribution in [0.5, 0.6) is 11.5 Å². The molecule has 1 aliphatic rings. The third-order valence-electron chi connectivity index (χ3n) is 5.63. The lowest BCUT2D eigenvalue weighted by Crippen LogP contribution is -2.25. The Kier molecular flexibility index (Phi) is 5.20. The molecule has 1 aromatic carbocycles. The number of methoxy groups -OCH3 is 1. The van der Waals surface area contributed by atoms with Crippen LogP contribution in [-0.2, 0) is 4.79 Å². The second-order valence-corrected chi connectivity index (χ2v) is 8.50. The van der Waals surface area contributed by atoms with Gasteiger partial charge in [0.05, 0.1) is 19.4 Å². The summed E-state index contributed by atoms with van der Waals surface area (Å²) in [5.74, 6) is 2.65. The summed E-state index contributed by atoms with van der Waals surface area (Å²) < 4.78 is 14.7. The van der Waals surface area contributed by atoms with Crippen LogP contribution in [0.3, 0.4) is 0 Å². The Labute approximate surface area is 190 Å². The van der Waals surface area contributed by atoms with Crippen LogP contribution in [0.4, 0.5) is 5.82 Å². The van der Waals surface area contributed by atoms with Crippen LogP contribution >= 0.6 is 0 Å². The lowest BCUT2D eigenvalue weighted by atomic mass is 9.85. The molecule has 0 saturated carbocycles. The van der Waals surface area contributed by atoms with Gasteiger partial charge in [0, 0.05) is 17.9 Å². The molecule has 10 nitrogen and oxygen atoms in total. The van der Waals surface area contributed by atoms with Crippen LogP contribution in [0.25, 0.3) is 11.5 Å². The minimum absolute atomic E-state index is 0.0851. The van der Waals surface area contributed by atoms with E-state index in [-0.39, 0.29) is 11.8 Å². The molecule has 0 saturated heterocycles. The number of carbonyl (C=O) groups excluding carboxylic acids is 1. The first-order valence-corrected chi connectivity index (χ1v) is 10.8. The molecule has 3 aromatic heterocycles. The van der Waals surface area contributed by atoms with Gasteiger partial charge in [0.15, 0.2) is 23.0 Å². The Morgan fingerprint density at radius 2 is 2.03 bits per heavy atom. The van der Waals surface area contributed by atoms with Crippen LogP contribution in [0.1, 0.15) is 43.0 Å². The highest BCUT2D eigenvalue weighted by Gasteiger charge is 2.33. The van der Waals surface area contributed by atoms with E-state index in [1.807, 2.05) is 31.2 Å². The Balaban J connectivity index is 1.56. The number of aryl methyl sites for hydroxylation is 1. The molecule has 0 radical (unpaired) electrons. The molecule has 1 atom stereocenters. The molecule has 0 aliphatic carbocycles. The fourth-order valence-corrected chi connectivity index (χ4v) is 4.11. The highest BCUT2D eigenvalue weighted by Crippen LogP contribution is 2.42. The van der Waals surface area contributed by atoms with Gasteiger partial charge in [0.25, 0.3) is 0 Å². The molecule has 0 unspecified atom stereocenters. The third kappa shape index (κ3) is 3.77. The molecular formula is C23H25N7O3. The summed E-state index contributed by atoms with van der Waals surface area (Å²) >= 11 is 0. The van der Waals surface area contributed by atoms with E-state index in [9.17, 15) is 4.79 Å². The molecule has 5 rings (SSSR count). The quantitative estimate of drug-likeness (QED) is 0.484. The summed E-state index contributed by atoms with van der Waals surface area (Å²) in [6.07, 6.45) is 1.84. The van der Waals surface area contributed by atoms with Gasteiger partial charge in [-0.25, -0.2) is 0 Å². The van der Waals surface area contributed by atoms with Gasteiger partial charge in [-0.2, -0.15) is 14.3 Å². The van der Waals surface area contributed by atoms with Crippen molar-refractivity contribution >= 4 is 17.4 Å². The Morgan fingerprint density at radius 3 is 2.82 bits per heavy atom. The number of hydrogen-bond donors (Lipinski definition) is 1. The fraction of sp³-hybridized carbons (Fsp3) is 0.348. The average Bonchev–Trinajstić information content (AvgIpc) is 3.40. The number of nitrogens with zero attached hydrogens (tertiary/aromatic N) is 6. The summed E-state index contributed by atoms with van der Waals surface area (Å²) in [5.41, 5.74) is 3.37. The Hall–Kier alpha value is -3.95. The van der Waals surface area contributed by atoms with Crippen molar-refractivity contribution in [3.8, 4) is 17.3 Å². The number of nitrogens with one attached hydrogen (secondary N) is 1. The van der Waals surface area contributed by atoms with E-state index in [1.54, 1.807) is 22.4 Å². The molecule has 10 heteroatoms. The maximum Gasteiger partial charge on any atom is 0.226 e. The van der Waals surface area contributed by atoms with Crippen molar-refractivity contribution in [2.24, 2.45) is 5.92 Å². The molecule has 0 spiro atoms. The van der Waals surface area contributed by atoms with E-state index >= 15 is 0 Å². The third-order valence-corrected chi connectivity index (χ3v) is 5.63. The van der Waals surface area contributed by atoms with E-state index in [0.29, 0.717) is 47.7 Å². The zero-order valence-electron chi connectivity index (χ0n) is 18.9. The largest absolute Gasteiger partial charge is 0.493 e. The highest BCUT2D eigenvalue weighted by molar-refractivity contribution is 5.95. The van der Waals surface area contributed by atoms with Crippen molar-refractivity contribution in [1.29, 1.82) is 0 Å². The summed E-state index contributed by atoms with van der Waals surface area (Å²) in [6, 6.07) is 9.45. The van der Waals surface area contributed by atoms with Gasteiger partial charge < -0.3 is 14.8 Å². The molecule has 4 heterocycles. The zero-order chi connectivity index (χ0) is 23.1. The summed E-state index contributed by atoms with van der Waals surface area (Å²) in [6.45, 7) is 6.73. The maximum atomic E-state index is 12.7. The smallest absolute Gasteiger partial charge is 0.226 e. The van der Waals surface area contributed by atoms with Gasteiger partial charge in [-0.3, -0.25) is 4.79 Å². The van der Waals surface area contributed by atoms with Crippen molar-refractivity contribution in [2.75, 3.05) is 19.0 Å². The van der Waals surface area contributed by atoms with Gasteiger partial charge in [0.1, 0.15) is 12.1 Å². The molecule has 170 valence electrons. The van der Waals surface area contributed by atoms with E-state index in [2.05, 4.69) is 34.5 Å². The molecule has 4 aromatic rings. The number of rotatable bonds is 6. The summed E-state index contributed by atoms with van der Waals surface area (Å²) in [7, 11) is 1.62. The highest BCUT2D eigenvalue weighted by atomic mass is 16.5. The van der Waals surface area contributed by atoms with E-state index in [1.165, 1.54) is 6.33 Å². The summed E-state index contributed by atoms with van der Waals surface area (Å²) in [5, 5.41) is 20.1. The Morgan fingerprint density at radius 1 is 1.18 bits per heavy atom. The SMILES string of the molecule is COc1cc([C@@H]2CC(=O)Nc3c2c(C)nn3-c2ccc3nncn3n2)ccc1OCC(C)C. The number of amides is 1. The topological polar surface area (TPSA) is 108 Å². The van der Waals surface area contributed by atoms with Crippen molar-refractivity contribution in [1.82, 2.24) is 29.6 Å². The number of aromatic nitrogens is 6. The predicted octanol–water partition coefficient (Wildman–Crippen LogP) is 3.14. The van der Waals surface area contributed by atoms with E-state index in [4.69, 9.17) is 14.6 Å². The zero-order valence-corrected chi connectivity index (χ0v) is 18.9. The lowest BCUT2D eigenvalue weighted by molar-refractivity contribution is -0.116. The van der Waals surface area contributed by atoms with Crippen LogP contribution in [0.15, 0.2) is 36.7 Å². The van der Waals surface area contributed by atoms with Crippen LogP contribution in [0.2, 0.25) is 0 Å². The van der Waals surface area contributed by atoms with Gasteiger partial charge >= 0.3 is 0 Å². The van der Waals surface area contributed by atoms with Gasteiger partial charge in [-0.1, -0.05) is 19.9 Å². The first-order chi connectivity index (χ1) is 15.9. The normalized spacial score (nSPS) is 15.5. The second kappa shape index (κ2) is 8.19. The number of anilines is 1.